The summed E-state index contributed by atoms with van der Waals surface area (Å²) in [6, 6.07) is 6.70. The Morgan fingerprint density at radius 3 is 2.56 bits per heavy atom. The van der Waals surface area contributed by atoms with Crippen molar-refractivity contribution >= 4 is 5.91 Å². The van der Waals surface area contributed by atoms with Crippen molar-refractivity contribution in [2.24, 2.45) is 0 Å². The van der Waals surface area contributed by atoms with Crippen molar-refractivity contribution in [3.8, 4) is 0 Å². The molecule has 18 heavy (non-hydrogen) atoms. The van der Waals surface area contributed by atoms with E-state index < -0.39 is 0 Å². The minimum absolute atomic E-state index is 0.198. The lowest BCUT2D eigenvalue weighted by atomic mass is 10.1. The smallest absolute Gasteiger partial charge is 0.287 e. The van der Waals surface area contributed by atoms with Gasteiger partial charge in [0.15, 0.2) is 5.76 Å². The van der Waals surface area contributed by atoms with Crippen LogP contribution in [-0.4, -0.2) is 5.91 Å². The van der Waals surface area contributed by atoms with Crippen LogP contribution in [0.5, 0.6) is 0 Å². The van der Waals surface area contributed by atoms with Crippen molar-refractivity contribution in [1.29, 1.82) is 0 Å². The SMILES string of the molecule is Cc1cc(CNC(=O)c2ccco2)cc(C)c1F. The number of aryl methyl sites for hydroxylation is 2. The average Bonchev–Trinajstić information content (AvgIpc) is 2.86. The van der Waals surface area contributed by atoms with Gasteiger partial charge in [0.05, 0.1) is 6.26 Å². The average molecular weight is 247 g/mol. The van der Waals surface area contributed by atoms with Crippen LogP contribution in [0.1, 0.15) is 27.2 Å². The van der Waals surface area contributed by atoms with Gasteiger partial charge in [0, 0.05) is 6.54 Å². The summed E-state index contributed by atoms with van der Waals surface area (Å²) >= 11 is 0. The molecule has 94 valence electrons. The zero-order chi connectivity index (χ0) is 13.1. The molecule has 3 nitrogen and oxygen atoms in total. The van der Waals surface area contributed by atoms with Gasteiger partial charge in [0.1, 0.15) is 5.82 Å². The number of furan rings is 1. The molecule has 1 N–H and O–H groups in total. The minimum atomic E-state index is -0.278. The predicted molar refractivity (Wildman–Crippen MR) is 65.8 cm³/mol. The molecule has 0 bridgehead atoms. The van der Waals surface area contributed by atoms with Crippen LogP contribution in [0.15, 0.2) is 34.9 Å². The van der Waals surface area contributed by atoms with Gasteiger partial charge in [-0.15, -0.1) is 0 Å². The number of nitrogens with one attached hydrogen (secondary N) is 1. The highest BCUT2D eigenvalue weighted by molar-refractivity contribution is 5.91. The van der Waals surface area contributed by atoms with E-state index in [2.05, 4.69) is 5.32 Å². The van der Waals surface area contributed by atoms with E-state index in [1.807, 2.05) is 0 Å². The molecule has 4 heteroatoms. The van der Waals surface area contributed by atoms with Gasteiger partial charge in [-0.25, -0.2) is 4.39 Å². The molecule has 0 saturated carbocycles. The van der Waals surface area contributed by atoms with Gasteiger partial charge < -0.3 is 9.73 Å². The number of amides is 1. The van der Waals surface area contributed by atoms with Crippen molar-refractivity contribution in [3.63, 3.8) is 0 Å². The molecule has 2 aromatic rings. The molecule has 1 amide bonds. The van der Waals surface area contributed by atoms with Gasteiger partial charge in [-0.2, -0.15) is 0 Å². The van der Waals surface area contributed by atoms with Crippen molar-refractivity contribution < 1.29 is 13.6 Å². The molecular weight excluding hydrogens is 233 g/mol. The molecule has 1 aromatic carbocycles. The third kappa shape index (κ3) is 2.59. The van der Waals surface area contributed by atoms with Gasteiger partial charge >= 0.3 is 0 Å². The van der Waals surface area contributed by atoms with Gasteiger partial charge in [0.25, 0.3) is 5.91 Å². The molecule has 0 radical (unpaired) electrons. The molecule has 0 unspecified atom stereocenters. The van der Waals surface area contributed by atoms with Crippen LogP contribution in [0.3, 0.4) is 0 Å². The van der Waals surface area contributed by atoms with E-state index in [4.69, 9.17) is 4.42 Å². The highest BCUT2D eigenvalue weighted by atomic mass is 19.1. The lowest BCUT2D eigenvalue weighted by Crippen LogP contribution is -2.22. The lowest BCUT2D eigenvalue weighted by molar-refractivity contribution is 0.0923. The highest BCUT2D eigenvalue weighted by Crippen LogP contribution is 2.14. The van der Waals surface area contributed by atoms with E-state index in [9.17, 15) is 9.18 Å². The van der Waals surface area contributed by atoms with Crippen molar-refractivity contribution in [1.82, 2.24) is 5.32 Å². The topological polar surface area (TPSA) is 42.2 Å². The van der Waals surface area contributed by atoms with Crippen LogP contribution in [0.2, 0.25) is 0 Å². The molecule has 0 spiro atoms. The predicted octanol–water partition coefficient (Wildman–Crippen LogP) is 2.97. The van der Waals surface area contributed by atoms with E-state index in [-0.39, 0.29) is 17.5 Å². The van der Waals surface area contributed by atoms with E-state index in [1.54, 1.807) is 38.1 Å². The number of benzene rings is 1. The first-order valence-electron chi connectivity index (χ1n) is 5.65. The second-order valence-corrected chi connectivity index (χ2v) is 4.20. The quantitative estimate of drug-likeness (QED) is 0.906. The number of hydrogen-bond donors (Lipinski definition) is 1. The van der Waals surface area contributed by atoms with Crippen molar-refractivity contribution in [3.05, 3.63) is 58.8 Å². The Labute approximate surface area is 105 Å². The minimum Gasteiger partial charge on any atom is -0.459 e. The molecule has 1 heterocycles. The molecule has 0 aliphatic rings. The summed E-state index contributed by atoms with van der Waals surface area (Å²) in [5, 5.41) is 2.72. The maximum absolute atomic E-state index is 13.4. The first-order valence-corrected chi connectivity index (χ1v) is 5.65. The third-order valence-corrected chi connectivity index (χ3v) is 2.69. The Kier molecular flexibility index (Phi) is 3.46. The number of hydrogen-bond acceptors (Lipinski definition) is 2. The first-order chi connectivity index (χ1) is 8.58. The van der Waals surface area contributed by atoms with E-state index in [1.165, 1.54) is 6.26 Å². The summed E-state index contributed by atoms with van der Waals surface area (Å²) in [4.78, 5) is 11.6. The Morgan fingerprint density at radius 2 is 2.00 bits per heavy atom. The maximum Gasteiger partial charge on any atom is 0.287 e. The zero-order valence-electron chi connectivity index (χ0n) is 10.3. The maximum atomic E-state index is 13.4. The van der Waals surface area contributed by atoms with Gasteiger partial charge in [0.2, 0.25) is 0 Å². The summed E-state index contributed by atoms with van der Waals surface area (Å²) in [7, 11) is 0. The summed E-state index contributed by atoms with van der Waals surface area (Å²) in [5.74, 6) is -0.207. The third-order valence-electron chi connectivity index (χ3n) is 2.69. The fourth-order valence-electron chi connectivity index (χ4n) is 1.81. The largest absolute Gasteiger partial charge is 0.459 e. The summed E-state index contributed by atoms with van der Waals surface area (Å²) in [6.45, 7) is 3.77. The van der Waals surface area contributed by atoms with Crippen LogP contribution in [-0.2, 0) is 6.54 Å². The lowest BCUT2D eigenvalue weighted by Gasteiger charge is -2.07. The van der Waals surface area contributed by atoms with Crippen LogP contribution >= 0.6 is 0 Å². The summed E-state index contributed by atoms with van der Waals surface area (Å²) in [5.41, 5.74) is 2.03. The molecule has 0 fully saturated rings. The number of halogens is 1. The summed E-state index contributed by atoms with van der Waals surface area (Å²) in [6.07, 6.45) is 1.45. The number of carbonyl (C=O) groups is 1. The molecule has 0 aliphatic carbocycles. The fourth-order valence-corrected chi connectivity index (χ4v) is 1.81. The van der Waals surface area contributed by atoms with E-state index in [0.717, 1.165) is 5.56 Å². The first kappa shape index (κ1) is 12.4. The molecule has 0 saturated heterocycles. The van der Waals surface area contributed by atoms with Crippen LogP contribution < -0.4 is 5.32 Å². The second kappa shape index (κ2) is 5.04. The molecule has 1 aromatic heterocycles. The molecule has 0 aliphatic heterocycles. The Bertz CT molecular complexity index is 538. The van der Waals surface area contributed by atoms with Gasteiger partial charge in [-0.05, 0) is 42.7 Å². The van der Waals surface area contributed by atoms with Crippen molar-refractivity contribution in [2.45, 2.75) is 20.4 Å². The van der Waals surface area contributed by atoms with Crippen LogP contribution in [0, 0.1) is 19.7 Å². The fraction of sp³-hybridized carbons (Fsp3) is 0.214. The number of carbonyl (C=O) groups excluding carboxylic acids is 1. The normalized spacial score (nSPS) is 10.4. The Balaban J connectivity index is 2.05. The monoisotopic (exact) mass is 247 g/mol. The second-order valence-electron chi connectivity index (χ2n) is 4.20. The number of rotatable bonds is 3. The van der Waals surface area contributed by atoms with E-state index >= 15 is 0 Å². The van der Waals surface area contributed by atoms with Gasteiger partial charge in [-0.3, -0.25) is 4.79 Å². The van der Waals surface area contributed by atoms with E-state index in [0.29, 0.717) is 17.7 Å². The standard InChI is InChI=1S/C14H14FNO2/c1-9-6-11(7-10(2)13(9)15)8-16-14(17)12-4-3-5-18-12/h3-7H,8H2,1-2H3,(H,16,17). The summed E-state index contributed by atoms with van der Waals surface area (Å²) < 4.78 is 18.4. The molecule has 0 atom stereocenters. The van der Waals surface area contributed by atoms with Crippen LogP contribution in [0.4, 0.5) is 4.39 Å². The molecule has 2 rings (SSSR count). The van der Waals surface area contributed by atoms with Crippen LogP contribution in [0.25, 0.3) is 0 Å². The zero-order valence-corrected chi connectivity index (χ0v) is 10.3. The Hall–Kier alpha value is -2.10. The highest BCUT2D eigenvalue weighted by Gasteiger charge is 2.09. The van der Waals surface area contributed by atoms with Gasteiger partial charge in [-0.1, -0.05) is 12.1 Å². The Morgan fingerprint density at radius 1 is 1.33 bits per heavy atom. The van der Waals surface area contributed by atoms with Crippen molar-refractivity contribution in [2.75, 3.05) is 0 Å². The molecular formula is C14H14FNO2.